The van der Waals surface area contributed by atoms with Crippen LogP contribution in [0.1, 0.15) is 38.7 Å². The second kappa shape index (κ2) is 6.09. The largest absolute Gasteiger partial charge is 0.497 e. The van der Waals surface area contributed by atoms with Crippen LogP contribution in [0.4, 0.5) is 5.69 Å². The van der Waals surface area contributed by atoms with Crippen molar-refractivity contribution in [3.05, 3.63) is 23.8 Å². The fourth-order valence-electron chi connectivity index (χ4n) is 2.71. The molecule has 0 aliphatic carbocycles. The van der Waals surface area contributed by atoms with E-state index in [0.717, 1.165) is 37.2 Å². The molecule has 1 aliphatic rings. The maximum absolute atomic E-state index is 12.3. The molecule has 1 aromatic rings. The zero-order valence-electron chi connectivity index (χ0n) is 12.1. The lowest BCUT2D eigenvalue weighted by atomic mass is 9.90. The Bertz CT molecular complexity index is 456. The Morgan fingerprint density at radius 2 is 2.21 bits per heavy atom. The van der Waals surface area contributed by atoms with Crippen LogP contribution in [0.2, 0.25) is 0 Å². The third-order valence-corrected chi connectivity index (χ3v) is 3.87. The molecule has 1 unspecified atom stereocenters. The van der Waals surface area contributed by atoms with Gasteiger partial charge in [0.15, 0.2) is 0 Å². The van der Waals surface area contributed by atoms with Crippen LogP contribution in [-0.2, 0) is 11.2 Å². The Balaban J connectivity index is 2.34. The molecule has 0 spiro atoms. The van der Waals surface area contributed by atoms with E-state index in [-0.39, 0.29) is 5.91 Å². The monoisotopic (exact) mass is 261 g/mol. The first-order chi connectivity index (χ1) is 9.19. The van der Waals surface area contributed by atoms with Gasteiger partial charge in [0, 0.05) is 18.7 Å². The molecule has 1 atom stereocenters. The number of amides is 1. The summed E-state index contributed by atoms with van der Waals surface area (Å²) in [4.78, 5) is 14.2. The minimum Gasteiger partial charge on any atom is -0.497 e. The SMILES string of the molecule is CCCC(=O)N1CC(CC)Cc2cc(OC)ccc21. The van der Waals surface area contributed by atoms with Gasteiger partial charge in [0.05, 0.1) is 7.11 Å². The second-order valence-electron chi connectivity index (χ2n) is 5.23. The van der Waals surface area contributed by atoms with E-state index in [0.29, 0.717) is 12.3 Å². The number of hydrogen-bond acceptors (Lipinski definition) is 2. The first-order valence-corrected chi connectivity index (χ1v) is 7.16. The Hall–Kier alpha value is -1.51. The highest BCUT2D eigenvalue weighted by atomic mass is 16.5. The van der Waals surface area contributed by atoms with Gasteiger partial charge in [-0.2, -0.15) is 0 Å². The van der Waals surface area contributed by atoms with E-state index in [1.165, 1.54) is 5.56 Å². The van der Waals surface area contributed by atoms with Gasteiger partial charge in [-0.25, -0.2) is 0 Å². The van der Waals surface area contributed by atoms with E-state index in [9.17, 15) is 4.79 Å². The number of benzene rings is 1. The van der Waals surface area contributed by atoms with Crippen molar-refractivity contribution in [1.29, 1.82) is 0 Å². The van der Waals surface area contributed by atoms with Gasteiger partial charge >= 0.3 is 0 Å². The van der Waals surface area contributed by atoms with E-state index >= 15 is 0 Å². The van der Waals surface area contributed by atoms with Crippen molar-refractivity contribution in [2.75, 3.05) is 18.6 Å². The summed E-state index contributed by atoms with van der Waals surface area (Å²) in [7, 11) is 1.68. The van der Waals surface area contributed by atoms with Crippen LogP contribution in [-0.4, -0.2) is 19.6 Å². The topological polar surface area (TPSA) is 29.5 Å². The molecule has 2 rings (SSSR count). The number of ether oxygens (including phenoxy) is 1. The van der Waals surface area contributed by atoms with Crippen molar-refractivity contribution < 1.29 is 9.53 Å². The van der Waals surface area contributed by atoms with E-state index in [4.69, 9.17) is 4.74 Å². The molecular weight excluding hydrogens is 238 g/mol. The van der Waals surface area contributed by atoms with E-state index < -0.39 is 0 Å². The predicted molar refractivity (Wildman–Crippen MR) is 77.7 cm³/mol. The molecule has 0 radical (unpaired) electrons. The Morgan fingerprint density at radius 1 is 1.42 bits per heavy atom. The summed E-state index contributed by atoms with van der Waals surface area (Å²) < 4.78 is 5.29. The molecule has 3 heteroatoms. The highest BCUT2D eigenvalue weighted by molar-refractivity contribution is 5.94. The summed E-state index contributed by atoms with van der Waals surface area (Å²) >= 11 is 0. The summed E-state index contributed by atoms with van der Waals surface area (Å²) in [5.74, 6) is 1.67. The molecular formula is C16H23NO2. The van der Waals surface area contributed by atoms with Gasteiger partial charge in [-0.1, -0.05) is 20.3 Å². The zero-order chi connectivity index (χ0) is 13.8. The van der Waals surface area contributed by atoms with Gasteiger partial charge < -0.3 is 9.64 Å². The predicted octanol–water partition coefficient (Wildman–Crippen LogP) is 3.41. The van der Waals surface area contributed by atoms with Crippen LogP contribution in [0.5, 0.6) is 5.75 Å². The number of carbonyl (C=O) groups excluding carboxylic acids is 1. The molecule has 0 bridgehead atoms. The number of carbonyl (C=O) groups is 1. The van der Waals surface area contributed by atoms with E-state index in [1.54, 1.807) is 7.11 Å². The Morgan fingerprint density at radius 3 is 2.84 bits per heavy atom. The average Bonchev–Trinajstić information content (AvgIpc) is 2.45. The minimum absolute atomic E-state index is 0.243. The molecule has 104 valence electrons. The van der Waals surface area contributed by atoms with E-state index in [2.05, 4.69) is 13.0 Å². The molecule has 0 fully saturated rings. The smallest absolute Gasteiger partial charge is 0.226 e. The lowest BCUT2D eigenvalue weighted by molar-refractivity contribution is -0.118. The number of anilines is 1. The van der Waals surface area contributed by atoms with Crippen LogP contribution in [0.3, 0.4) is 0 Å². The highest BCUT2D eigenvalue weighted by Gasteiger charge is 2.27. The first-order valence-electron chi connectivity index (χ1n) is 7.16. The molecule has 0 saturated carbocycles. The first kappa shape index (κ1) is 13.9. The molecule has 1 aromatic carbocycles. The summed E-state index contributed by atoms with van der Waals surface area (Å²) in [6.07, 6.45) is 3.67. The van der Waals surface area contributed by atoms with Crippen molar-refractivity contribution in [3.8, 4) is 5.75 Å². The lowest BCUT2D eigenvalue weighted by Crippen LogP contribution is -2.39. The van der Waals surface area contributed by atoms with Gasteiger partial charge in [0.1, 0.15) is 5.75 Å². The molecule has 19 heavy (non-hydrogen) atoms. The lowest BCUT2D eigenvalue weighted by Gasteiger charge is -2.34. The fraction of sp³-hybridized carbons (Fsp3) is 0.562. The molecule has 3 nitrogen and oxygen atoms in total. The number of methoxy groups -OCH3 is 1. The summed E-state index contributed by atoms with van der Waals surface area (Å²) in [5, 5.41) is 0. The van der Waals surface area contributed by atoms with Crippen molar-refractivity contribution in [3.63, 3.8) is 0 Å². The van der Waals surface area contributed by atoms with Gasteiger partial charge in [-0.3, -0.25) is 4.79 Å². The van der Waals surface area contributed by atoms with Crippen LogP contribution in [0.15, 0.2) is 18.2 Å². The maximum atomic E-state index is 12.3. The Labute approximate surface area is 115 Å². The van der Waals surface area contributed by atoms with Crippen molar-refractivity contribution >= 4 is 11.6 Å². The number of rotatable bonds is 4. The minimum atomic E-state index is 0.243. The Kier molecular flexibility index (Phi) is 4.46. The standard InChI is InChI=1S/C16H23NO2/c1-4-6-16(18)17-11-12(5-2)9-13-10-14(19-3)7-8-15(13)17/h7-8,10,12H,4-6,9,11H2,1-3H3. The van der Waals surface area contributed by atoms with Crippen LogP contribution >= 0.6 is 0 Å². The molecule has 0 aromatic heterocycles. The van der Waals surface area contributed by atoms with Crippen LogP contribution in [0.25, 0.3) is 0 Å². The van der Waals surface area contributed by atoms with Gasteiger partial charge in [-0.05, 0) is 42.5 Å². The molecule has 1 heterocycles. The summed E-state index contributed by atoms with van der Waals surface area (Å²) in [5.41, 5.74) is 2.31. The van der Waals surface area contributed by atoms with Crippen molar-refractivity contribution in [2.24, 2.45) is 5.92 Å². The van der Waals surface area contributed by atoms with Gasteiger partial charge in [0.25, 0.3) is 0 Å². The zero-order valence-corrected chi connectivity index (χ0v) is 12.1. The van der Waals surface area contributed by atoms with Gasteiger partial charge in [-0.15, -0.1) is 0 Å². The van der Waals surface area contributed by atoms with Crippen molar-refractivity contribution in [2.45, 2.75) is 39.5 Å². The second-order valence-corrected chi connectivity index (χ2v) is 5.23. The average molecular weight is 261 g/mol. The van der Waals surface area contributed by atoms with Crippen LogP contribution in [0, 0.1) is 5.92 Å². The third kappa shape index (κ3) is 2.91. The summed E-state index contributed by atoms with van der Waals surface area (Å²) in [6, 6.07) is 6.04. The fourth-order valence-corrected chi connectivity index (χ4v) is 2.71. The third-order valence-electron chi connectivity index (χ3n) is 3.87. The maximum Gasteiger partial charge on any atom is 0.226 e. The van der Waals surface area contributed by atoms with Crippen molar-refractivity contribution in [1.82, 2.24) is 0 Å². The highest BCUT2D eigenvalue weighted by Crippen LogP contribution is 2.34. The number of fused-ring (bicyclic) bond motifs is 1. The van der Waals surface area contributed by atoms with Crippen LogP contribution < -0.4 is 9.64 Å². The number of nitrogens with zero attached hydrogens (tertiary/aromatic N) is 1. The summed E-state index contributed by atoms with van der Waals surface area (Å²) in [6.45, 7) is 5.10. The normalized spacial score (nSPS) is 18.1. The quantitative estimate of drug-likeness (QED) is 0.831. The number of hydrogen-bond donors (Lipinski definition) is 0. The molecule has 1 amide bonds. The molecule has 1 aliphatic heterocycles. The van der Waals surface area contributed by atoms with E-state index in [1.807, 2.05) is 24.0 Å². The molecule has 0 saturated heterocycles. The molecule has 0 N–H and O–H groups in total. The van der Waals surface area contributed by atoms with Gasteiger partial charge in [0.2, 0.25) is 5.91 Å².